The molecule has 1 rings (SSSR count). The molecule has 110 valence electrons. The van der Waals surface area contributed by atoms with E-state index < -0.39 is 5.97 Å². The van der Waals surface area contributed by atoms with Gasteiger partial charge in [-0.2, -0.15) is 0 Å². The van der Waals surface area contributed by atoms with Crippen molar-refractivity contribution in [1.29, 1.82) is 0 Å². The Balaban J connectivity index is 2.33. The molecule has 0 saturated carbocycles. The van der Waals surface area contributed by atoms with E-state index in [9.17, 15) is 9.59 Å². The predicted octanol–water partition coefficient (Wildman–Crippen LogP) is 3.18. The molecule has 0 unspecified atom stereocenters. The maximum absolute atomic E-state index is 11.6. The van der Waals surface area contributed by atoms with Crippen molar-refractivity contribution >= 4 is 17.7 Å². The van der Waals surface area contributed by atoms with Gasteiger partial charge in [0, 0.05) is 12.2 Å². The van der Waals surface area contributed by atoms with Crippen LogP contribution in [0.25, 0.3) is 0 Å². The summed E-state index contributed by atoms with van der Waals surface area (Å²) < 4.78 is 4.60. The van der Waals surface area contributed by atoms with Crippen LogP contribution in [0.1, 0.15) is 43.0 Å². The molecule has 0 aromatic heterocycles. The molecule has 0 aliphatic heterocycles. The van der Waals surface area contributed by atoms with Crippen molar-refractivity contribution < 1.29 is 14.3 Å². The molecule has 5 nitrogen and oxygen atoms in total. The van der Waals surface area contributed by atoms with Gasteiger partial charge in [-0.25, -0.2) is 9.59 Å². The molecule has 0 heterocycles. The number of nitrogens with one attached hydrogen (secondary N) is 2. The molecule has 0 aliphatic carbocycles. The Labute approximate surface area is 119 Å². The number of carbonyl (C=O) groups excluding carboxylic acids is 2. The number of unbranched alkanes of at least 4 members (excludes halogenated alkanes) is 3. The van der Waals surface area contributed by atoms with Gasteiger partial charge in [0.05, 0.1) is 12.7 Å². The second kappa shape index (κ2) is 8.96. The molecule has 0 saturated heterocycles. The SMILES string of the molecule is CCCCCCNC(=O)Nc1ccc(C(=O)OC)cc1. The van der Waals surface area contributed by atoms with Crippen LogP contribution >= 0.6 is 0 Å². The van der Waals surface area contributed by atoms with Crippen molar-refractivity contribution in [1.82, 2.24) is 5.32 Å². The number of rotatable bonds is 7. The Morgan fingerprint density at radius 3 is 2.40 bits per heavy atom. The lowest BCUT2D eigenvalue weighted by Gasteiger charge is -2.08. The van der Waals surface area contributed by atoms with Crippen LogP contribution < -0.4 is 10.6 Å². The maximum Gasteiger partial charge on any atom is 0.337 e. The molecule has 2 N–H and O–H groups in total. The van der Waals surface area contributed by atoms with Crippen LogP contribution in [0.4, 0.5) is 10.5 Å². The smallest absolute Gasteiger partial charge is 0.337 e. The van der Waals surface area contributed by atoms with Crippen LogP contribution in [0.2, 0.25) is 0 Å². The highest BCUT2D eigenvalue weighted by molar-refractivity contribution is 5.92. The minimum absolute atomic E-state index is 0.229. The van der Waals surface area contributed by atoms with E-state index in [-0.39, 0.29) is 6.03 Å². The summed E-state index contributed by atoms with van der Waals surface area (Å²) in [5.41, 5.74) is 1.10. The lowest BCUT2D eigenvalue weighted by atomic mass is 10.2. The molecule has 0 spiro atoms. The lowest BCUT2D eigenvalue weighted by molar-refractivity contribution is 0.0601. The average molecular weight is 278 g/mol. The van der Waals surface area contributed by atoms with Crippen molar-refractivity contribution in [2.24, 2.45) is 0 Å². The number of hydrogen-bond acceptors (Lipinski definition) is 3. The van der Waals surface area contributed by atoms with Crippen LogP contribution in [0.15, 0.2) is 24.3 Å². The zero-order valence-electron chi connectivity index (χ0n) is 12.1. The molecule has 0 fully saturated rings. The van der Waals surface area contributed by atoms with Crippen molar-refractivity contribution in [3.8, 4) is 0 Å². The largest absolute Gasteiger partial charge is 0.465 e. The molecular weight excluding hydrogens is 256 g/mol. The number of hydrogen-bond donors (Lipinski definition) is 2. The molecule has 1 aromatic carbocycles. The highest BCUT2D eigenvalue weighted by atomic mass is 16.5. The minimum Gasteiger partial charge on any atom is -0.465 e. The zero-order valence-corrected chi connectivity index (χ0v) is 12.1. The van der Waals surface area contributed by atoms with Crippen molar-refractivity contribution in [3.05, 3.63) is 29.8 Å². The standard InChI is InChI=1S/C15H22N2O3/c1-3-4-5-6-11-16-15(19)17-13-9-7-12(8-10-13)14(18)20-2/h7-10H,3-6,11H2,1-2H3,(H2,16,17,19). The van der Waals surface area contributed by atoms with Gasteiger partial charge in [-0.3, -0.25) is 0 Å². The highest BCUT2D eigenvalue weighted by Gasteiger charge is 2.05. The third kappa shape index (κ3) is 5.73. The van der Waals surface area contributed by atoms with Gasteiger partial charge in [-0.05, 0) is 30.7 Å². The van der Waals surface area contributed by atoms with Crippen LogP contribution in [-0.2, 0) is 4.74 Å². The monoisotopic (exact) mass is 278 g/mol. The number of methoxy groups -OCH3 is 1. The van der Waals surface area contributed by atoms with E-state index in [0.717, 1.165) is 12.8 Å². The zero-order chi connectivity index (χ0) is 14.8. The van der Waals surface area contributed by atoms with E-state index in [4.69, 9.17) is 0 Å². The first-order valence-corrected chi connectivity index (χ1v) is 6.90. The maximum atomic E-state index is 11.6. The van der Waals surface area contributed by atoms with E-state index in [1.165, 1.54) is 20.0 Å². The average Bonchev–Trinajstić information content (AvgIpc) is 2.47. The van der Waals surface area contributed by atoms with E-state index in [0.29, 0.717) is 17.8 Å². The molecule has 0 aliphatic rings. The molecule has 1 aromatic rings. The first kappa shape index (κ1) is 16.0. The summed E-state index contributed by atoms with van der Waals surface area (Å²) in [4.78, 5) is 22.9. The summed E-state index contributed by atoms with van der Waals surface area (Å²) in [5.74, 6) is -0.392. The van der Waals surface area contributed by atoms with Gasteiger partial charge in [0.25, 0.3) is 0 Å². The summed E-state index contributed by atoms with van der Waals surface area (Å²) in [7, 11) is 1.33. The Bertz CT molecular complexity index is 429. The van der Waals surface area contributed by atoms with Gasteiger partial charge >= 0.3 is 12.0 Å². The topological polar surface area (TPSA) is 67.4 Å². The Morgan fingerprint density at radius 2 is 1.80 bits per heavy atom. The minimum atomic E-state index is -0.392. The normalized spacial score (nSPS) is 9.90. The summed E-state index contributed by atoms with van der Waals surface area (Å²) in [6.07, 6.45) is 4.49. The predicted molar refractivity (Wildman–Crippen MR) is 78.9 cm³/mol. The van der Waals surface area contributed by atoms with E-state index in [1.807, 2.05) is 0 Å². The molecule has 5 heteroatoms. The molecule has 20 heavy (non-hydrogen) atoms. The number of esters is 1. The van der Waals surface area contributed by atoms with Gasteiger partial charge in [0.2, 0.25) is 0 Å². The van der Waals surface area contributed by atoms with Gasteiger partial charge in [-0.15, -0.1) is 0 Å². The van der Waals surface area contributed by atoms with Crippen LogP contribution in [0.3, 0.4) is 0 Å². The molecule has 0 bridgehead atoms. The fourth-order valence-electron chi connectivity index (χ4n) is 1.74. The number of carbonyl (C=O) groups is 2. The third-order valence-electron chi connectivity index (χ3n) is 2.88. The van der Waals surface area contributed by atoms with Crippen LogP contribution in [0, 0.1) is 0 Å². The van der Waals surface area contributed by atoms with E-state index in [1.54, 1.807) is 24.3 Å². The fourth-order valence-corrected chi connectivity index (χ4v) is 1.74. The number of urea groups is 1. The van der Waals surface area contributed by atoms with Gasteiger partial charge < -0.3 is 15.4 Å². The third-order valence-corrected chi connectivity index (χ3v) is 2.88. The van der Waals surface area contributed by atoms with Crippen molar-refractivity contribution in [2.75, 3.05) is 19.0 Å². The quantitative estimate of drug-likeness (QED) is 0.594. The Kier molecular flexibility index (Phi) is 7.17. The number of benzene rings is 1. The van der Waals surface area contributed by atoms with Gasteiger partial charge in [0.1, 0.15) is 0 Å². The molecular formula is C15H22N2O3. The molecule has 2 amide bonds. The Hall–Kier alpha value is -2.04. The van der Waals surface area contributed by atoms with Gasteiger partial charge in [-0.1, -0.05) is 26.2 Å². The second-order valence-corrected chi connectivity index (χ2v) is 4.51. The Morgan fingerprint density at radius 1 is 1.10 bits per heavy atom. The summed E-state index contributed by atoms with van der Waals surface area (Å²) >= 11 is 0. The summed E-state index contributed by atoms with van der Waals surface area (Å²) in [6.45, 7) is 2.82. The first-order valence-electron chi connectivity index (χ1n) is 6.90. The first-order chi connectivity index (χ1) is 9.67. The van der Waals surface area contributed by atoms with Crippen molar-refractivity contribution in [2.45, 2.75) is 32.6 Å². The van der Waals surface area contributed by atoms with E-state index >= 15 is 0 Å². The van der Waals surface area contributed by atoms with E-state index in [2.05, 4.69) is 22.3 Å². The second-order valence-electron chi connectivity index (χ2n) is 4.51. The fraction of sp³-hybridized carbons (Fsp3) is 0.467. The number of ether oxygens (including phenoxy) is 1. The van der Waals surface area contributed by atoms with Crippen molar-refractivity contribution in [3.63, 3.8) is 0 Å². The highest BCUT2D eigenvalue weighted by Crippen LogP contribution is 2.10. The number of anilines is 1. The molecule has 0 atom stereocenters. The van der Waals surface area contributed by atoms with Crippen LogP contribution in [-0.4, -0.2) is 25.7 Å². The summed E-state index contributed by atoms with van der Waals surface area (Å²) in [5, 5.41) is 5.51. The lowest BCUT2D eigenvalue weighted by Crippen LogP contribution is -2.29. The molecule has 0 radical (unpaired) electrons. The van der Waals surface area contributed by atoms with Gasteiger partial charge in [0.15, 0.2) is 0 Å². The van der Waals surface area contributed by atoms with Crippen LogP contribution in [0.5, 0.6) is 0 Å². The number of amides is 2. The summed E-state index contributed by atoms with van der Waals surface area (Å²) in [6, 6.07) is 6.34.